The van der Waals surface area contributed by atoms with Gasteiger partial charge >= 0.3 is 6.03 Å². The van der Waals surface area contributed by atoms with Crippen LogP contribution in [-0.2, 0) is 35.6 Å². The summed E-state index contributed by atoms with van der Waals surface area (Å²) in [6, 6.07) is 20.6. The van der Waals surface area contributed by atoms with Crippen LogP contribution in [0.2, 0.25) is 0 Å². The molecule has 0 saturated heterocycles. The van der Waals surface area contributed by atoms with Crippen molar-refractivity contribution < 1.29 is 29.3 Å². The lowest BCUT2D eigenvalue weighted by Crippen LogP contribution is -2.51. The maximum atomic E-state index is 14.0. The second kappa shape index (κ2) is 15.7. The van der Waals surface area contributed by atoms with Crippen LogP contribution in [0.1, 0.15) is 42.5 Å². The quantitative estimate of drug-likeness (QED) is 0.170. The number of ether oxygens (including phenoxy) is 1. The fourth-order valence-corrected chi connectivity index (χ4v) is 5.53. The first-order valence-corrected chi connectivity index (χ1v) is 15.4. The Kier molecular flexibility index (Phi) is 11.8. The highest BCUT2D eigenvalue weighted by Crippen LogP contribution is 2.28. The largest absolute Gasteiger partial charge is 0.497 e. The van der Waals surface area contributed by atoms with Crippen LogP contribution in [0.25, 0.3) is 11.1 Å². The number of methoxy groups -OCH3 is 1. The van der Waals surface area contributed by atoms with E-state index in [0.717, 1.165) is 33.4 Å². The molecule has 0 aromatic heterocycles. The molecule has 1 aliphatic heterocycles. The minimum absolute atomic E-state index is 0.0709. The van der Waals surface area contributed by atoms with Crippen molar-refractivity contribution in [2.45, 2.75) is 64.0 Å². The number of urea groups is 1. The number of fused-ring (bicyclic) bond motifs is 1. The Labute approximate surface area is 270 Å². The number of rotatable bonds is 13. The van der Waals surface area contributed by atoms with Crippen LogP contribution in [0, 0.1) is 0 Å². The molecule has 0 fully saturated rings. The SMILES string of the molecule is CNC(=O)NCc1ccccc1-c1ccc(CN2Cc3ccc(OC)cc3C[C@@H](NC(=O)CC(C)(C)NC[C@H](O)CO)C2=O)cc1. The molecule has 0 radical (unpaired) electrons. The van der Waals surface area contributed by atoms with Gasteiger partial charge in [-0.1, -0.05) is 54.6 Å². The molecular weight excluding hydrogens is 586 g/mol. The van der Waals surface area contributed by atoms with Gasteiger partial charge in [-0.3, -0.25) is 9.59 Å². The number of β-amino-alcohol motifs (C(OH)–C–C–N with tert-alkyl or cyclic N) is 1. The minimum atomic E-state index is -0.930. The molecule has 2 atom stereocenters. The average molecular weight is 632 g/mol. The first-order chi connectivity index (χ1) is 22.0. The maximum absolute atomic E-state index is 14.0. The van der Waals surface area contributed by atoms with Gasteiger partial charge in [0.2, 0.25) is 11.8 Å². The lowest BCUT2D eigenvalue weighted by Gasteiger charge is -2.29. The van der Waals surface area contributed by atoms with Crippen LogP contribution in [-0.4, -0.2) is 78.0 Å². The number of hydrogen-bond acceptors (Lipinski definition) is 7. The van der Waals surface area contributed by atoms with E-state index < -0.39 is 17.7 Å². The van der Waals surface area contributed by atoms with Gasteiger partial charge in [-0.15, -0.1) is 0 Å². The summed E-state index contributed by atoms with van der Waals surface area (Å²) in [4.78, 5) is 40.7. The third kappa shape index (κ3) is 9.29. The zero-order valence-corrected chi connectivity index (χ0v) is 26.9. The van der Waals surface area contributed by atoms with Gasteiger partial charge in [0.25, 0.3) is 0 Å². The van der Waals surface area contributed by atoms with E-state index in [2.05, 4.69) is 21.3 Å². The van der Waals surface area contributed by atoms with Crippen molar-refractivity contribution in [3.05, 3.63) is 89.0 Å². The molecule has 0 bridgehead atoms. The molecule has 1 heterocycles. The van der Waals surface area contributed by atoms with Gasteiger partial charge in [0.15, 0.2) is 0 Å². The number of carbonyl (C=O) groups is 3. The number of hydrogen-bond donors (Lipinski definition) is 6. The van der Waals surface area contributed by atoms with Gasteiger partial charge in [-0.05, 0) is 59.4 Å². The minimum Gasteiger partial charge on any atom is -0.497 e. The number of aliphatic hydroxyl groups excluding tert-OH is 2. The Hall–Kier alpha value is -4.45. The highest BCUT2D eigenvalue weighted by molar-refractivity contribution is 5.89. The van der Waals surface area contributed by atoms with E-state index in [1.807, 2.05) is 80.6 Å². The summed E-state index contributed by atoms with van der Waals surface area (Å²) in [7, 11) is 3.17. The summed E-state index contributed by atoms with van der Waals surface area (Å²) in [5.74, 6) is 0.202. The van der Waals surface area contributed by atoms with Crippen LogP contribution < -0.4 is 26.0 Å². The molecule has 4 amide bonds. The third-order valence-electron chi connectivity index (χ3n) is 8.10. The molecule has 246 valence electrons. The number of nitrogens with one attached hydrogen (secondary N) is 4. The number of carbonyl (C=O) groups excluding carboxylic acids is 3. The molecule has 3 aromatic rings. The third-order valence-corrected chi connectivity index (χ3v) is 8.10. The zero-order chi connectivity index (χ0) is 33.3. The Morgan fingerprint density at radius 2 is 1.80 bits per heavy atom. The topological polar surface area (TPSA) is 152 Å². The monoisotopic (exact) mass is 631 g/mol. The molecule has 0 aliphatic carbocycles. The number of amides is 4. The van der Waals surface area contributed by atoms with E-state index in [4.69, 9.17) is 9.84 Å². The smallest absolute Gasteiger partial charge is 0.314 e. The van der Waals surface area contributed by atoms with Gasteiger partial charge in [0.1, 0.15) is 11.8 Å². The van der Waals surface area contributed by atoms with Gasteiger partial charge in [-0.25, -0.2) is 4.79 Å². The van der Waals surface area contributed by atoms with Crippen molar-refractivity contribution in [1.82, 2.24) is 26.2 Å². The fraction of sp³-hybridized carbons (Fsp3) is 0.400. The van der Waals surface area contributed by atoms with Crippen molar-refractivity contribution in [1.29, 1.82) is 0 Å². The molecular formula is C35H45N5O6. The normalized spacial score (nSPS) is 15.4. The first-order valence-electron chi connectivity index (χ1n) is 15.4. The maximum Gasteiger partial charge on any atom is 0.314 e. The summed E-state index contributed by atoms with van der Waals surface area (Å²) >= 11 is 0. The van der Waals surface area contributed by atoms with Crippen molar-refractivity contribution in [2.24, 2.45) is 0 Å². The fourth-order valence-electron chi connectivity index (χ4n) is 5.53. The summed E-state index contributed by atoms with van der Waals surface area (Å²) in [5, 5.41) is 30.3. The van der Waals surface area contributed by atoms with Crippen molar-refractivity contribution in [3.8, 4) is 16.9 Å². The van der Waals surface area contributed by atoms with Crippen LogP contribution in [0.3, 0.4) is 0 Å². The zero-order valence-electron chi connectivity index (χ0n) is 26.9. The Morgan fingerprint density at radius 3 is 2.50 bits per heavy atom. The van der Waals surface area contributed by atoms with E-state index in [-0.39, 0.29) is 37.4 Å². The van der Waals surface area contributed by atoms with E-state index in [1.54, 1.807) is 19.1 Å². The molecule has 11 nitrogen and oxygen atoms in total. The molecule has 4 rings (SSSR count). The lowest BCUT2D eigenvalue weighted by atomic mass is 9.98. The molecule has 0 saturated carbocycles. The number of benzene rings is 3. The van der Waals surface area contributed by atoms with E-state index in [1.165, 1.54) is 0 Å². The molecule has 0 unspecified atom stereocenters. The number of nitrogens with zero attached hydrogens (tertiary/aromatic N) is 1. The van der Waals surface area contributed by atoms with Crippen molar-refractivity contribution in [3.63, 3.8) is 0 Å². The second-order valence-corrected chi connectivity index (χ2v) is 12.2. The van der Waals surface area contributed by atoms with Crippen molar-refractivity contribution in [2.75, 3.05) is 27.3 Å². The number of aliphatic hydroxyl groups is 2. The van der Waals surface area contributed by atoms with E-state index in [0.29, 0.717) is 31.8 Å². The van der Waals surface area contributed by atoms with Gasteiger partial charge < -0.3 is 41.1 Å². The summed E-state index contributed by atoms with van der Waals surface area (Å²) in [6.45, 7) is 4.54. The lowest BCUT2D eigenvalue weighted by molar-refractivity contribution is -0.137. The van der Waals surface area contributed by atoms with Gasteiger partial charge in [0.05, 0.1) is 19.8 Å². The van der Waals surface area contributed by atoms with Crippen molar-refractivity contribution >= 4 is 17.8 Å². The van der Waals surface area contributed by atoms with E-state index in [9.17, 15) is 19.5 Å². The van der Waals surface area contributed by atoms with Crippen LogP contribution in [0.15, 0.2) is 66.7 Å². The molecule has 0 spiro atoms. The standard InChI is InChI=1S/C35H45N5O6/c1-35(2,38-19-28(42)22-41)17-32(43)39-31-16-27-15-29(46-4)14-13-26(27)21-40(33(31)44)20-23-9-11-24(12-10-23)30-8-6-5-7-25(30)18-37-34(45)36-3/h5-15,28,31,38,41-42H,16-22H2,1-4H3,(H,39,43)(H2,36,37,45)/t28-,31+/m0/s1. The molecule has 11 heteroatoms. The summed E-state index contributed by atoms with van der Waals surface area (Å²) in [5.41, 5.74) is 5.16. The van der Waals surface area contributed by atoms with Gasteiger partial charge in [-0.2, -0.15) is 0 Å². The molecule has 46 heavy (non-hydrogen) atoms. The van der Waals surface area contributed by atoms with Crippen LogP contribution >= 0.6 is 0 Å². The first kappa shape index (κ1) is 34.4. The Balaban J connectivity index is 1.52. The van der Waals surface area contributed by atoms with Crippen LogP contribution in [0.4, 0.5) is 4.79 Å². The van der Waals surface area contributed by atoms with E-state index >= 15 is 0 Å². The highest BCUT2D eigenvalue weighted by Gasteiger charge is 2.32. The van der Waals surface area contributed by atoms with Gasteiger partial charge in [0, 0.05) is 51.6 Å². The molecule has 3 aromatic carbocycles. The Bertz CT molecular complexity index is 1510. The highest BCUT2D eigenvalue weighted by atomic mass is 16.5. The molecule has 6 N–H and O–H groups in total. The Morgan fingerprint density at radius 1 is 1.07 bits per heavy atom. The average Bonchev–Trinajstić information content (AvgIpc) is 3.17. The second-order valence-electron chi connectivity index (χ2n) is 12.2. The summed E-state index contributed by atoms with van der Waals surface area (Å²) < 4.78 is 5.44. The summed E-state index contributed by atoms with van der Waals surface area (Å²) in [6.07, 6.45) is -0.535. The predicted molar refractivity (Wildman–Crippen MR) is 176 cm³/mol. The van der Waals surface area contributed by atoms with Crippen LogP contribution in [0.5, 0.6) is 5.75 Å². The molecule has 1 aliphatic rings. The predicted octanol–water partition coefficient (Wildman–Crippen LogP) is 2.47.